The van der Waals surface area contributed by atoms with Crippen LogP contribution in [0.5, 0.6) is 0 Å². The first-order valence-corrected chi connectivity index (χ1v) is 9.49. The maximum atomic E-state index is 12.4. The van der Waals surface area contributed by atoms with Crippen molar-refractivity contribution in [3.8, 4) is 12.3 Å². The molecule has 102 valence electrons. The molecular formula is C15H24OS2. The second-order valence-corrected chi connectivity index (χ2v) is 9.11. The highest BCUT2D eigenvalue weighted by atomic mass is 32.2. The van der Waals surface area contributed by atoms with Gasteiger partial charge in [-0.2, -0.15) is 0 Å². The number of terminal acetylenes is 1. The summed E-state index contributed by atoms with van der Waals surface area (Å²) in [5.74, 6) is 7.44. The number of hydrogen-bond donors (Lipinski definition) is 0. The van der Waals surface area contributed by atoms with Crippen LogP contribution in [-0.4, -0.2) is 20.3 Å². The van der Waals surface area contributed by atoms with E-state index in [1.165, 1.54) is 18.6 Å². The van der Waals surface area contributed by atoms with Crippen LogP contribution >= 0.6 is 11.8 Å². The highest BCUT2D eigenvalue weighted by Gasteiger charge is 2.36. The minimum atomic E-state index is -0.628. The smallest absolute Gasteiger partial charge is 0.0829 e. The monoisotopic (exact) mass is 284 g/mol. The van der Waals surface area contributed by atoms with E-state index in [1.807, 2.05) is 11.8 Å². The van der Waals surface area contributed by atoms with E-state index in [0.717, 1.165) is 18.6 Å². The average molecular weight is 284 g/mol. The van der Waals surface area contributed by atoms with Gasteiger partial charge in [-0.05, 0) is 49.2 Å². The van der Waals surface area contributed by atoms with Crippen LogP contribution in [0.25, 0.3) is 0 Å². The summed E-state index contributed by atoms with van der Waals surface area (Å²) >= 11 is 1.97. The first-order chi connectivity index (χ1) is 8.61. The van der Waals surface area contributed by atoms with Crippen LogP contribution in [0.2, 0.25) is 0 Å². The number of rotatable bonds is 2. The molecule has 0 aromatic heterocycles. The molecule has 1 unspecified atom stereocenters. The van der Waals surface area contributed by atoms with Crippen molar-refractivity contribution in [2.45, 2.75) is 44.1 Å². The quantitative estimate of drug-likeness (QED) is 0.722. The van der Waals surface area contributed by atoms with Gasteiger partial charge in [0.15, 0.2) is 0 Å². The van der Waals surface area contributed by atoms with Gasteiger partial charge in [0.1, 0.15) is 0 Å². The fraction of sp³-hybridized carbons (Fsp3) is 0.867. The van der Waals surface area contributed by atoms with Gasteiger partial charge in [0.25, 0.3) is 0 Å². The van der Waals surface area contributed by atoms with E-state index in [9.17, 15) is 4.21 Å². The Morgan fingerprint density at radius 2 is 1.94 bits per heavy atom. The zero-order valence-corrected chi connectivity index (χ0v) is 13.1. The molecular weight excluding hydrogens is 260 g/mol. The Kier molecular flexibility index (Phi) is 5.21. The van der Waals surface area contributed by atoms with E-state index in [0.29, 0.717) is 28.3 Å². The minimum Gasteiger partial charge on any atom is -0.258 e. The van der Waals surface area contributed by atoms with Gasteiger partial charge in [0, 0.05) is 22.5 Å². The summed E-state index contributed by atoms with van der Waals surface area (Å²) in [5, 5.41) is 0. The molecule has 18 heavy (non-hydrogen) atoms. The Morgan fingerprint density at radius 1 is 1.28 bits per heavy atom. The molecule has 0 aromatic rings. The molecule has 0 spiro atoms. The number of hydrogen-bond acceptors (Lipinski definition) is 2. The molecule has 0 amide bonds. The Hall–Kier alpha value is 0.0600. The third-order valence-electron chi connectivity index (χ3n) is 4.45. The van der Waals surface area contributed by atoms with E-state index >= 15 is 0 Å². The van der Waals surface area contributed by atoms with Crippen LogP contribution in [-0.2, 0) is 10.8 Å². The van der Waals surface area contributed by atoms with Crippen LogP contribution in [0.15, 0.2) is 0 Å². The molecule has 3 atom stereocenters. The molecule has 1 nitrogen and oxygen atoms in total. The third-order valence-corrected chi connectivity index (χ3v) is 8.49. The van der Waals surface area contributed by atoms with Crippen molar-refractivity contribution in [2.75, 3.05) is 11.5 Å². The van der Waals surface area contributed by atoms with E-state index in [4.69, 9.17) is 6.42 Å². The molecule has 1 saturated carbocycles. The van der Waals surface area contributed by atoms with Gasteiger partial charge in [0.05, 0.1) is 4.58 Å². The lowest BCUT2D eigenvalue weighted by Gasteiger charge is -2.36. The van der Waals surface area contributed by atoms with Crippen molar-refractivity contribution in [3.63, 3.8) is 0 Å². The van der Waals surface area contributed by atoms with E-state index in [-0.39, 0.29) is 0 Å². The molecule has 3 heteroatoms. The summed E-state index contributed by atoms with van der Waals surface area (Å²) < 4.78 is 12.8. The van der Waals surface area contributed by atoms with Crippen molar-refractivity contribution in [3.05, 3.63) is 0 Å². The van der Waals surface area contributed by atoms with Crippen molar-refractivity contribution < 1.29 is 4.21 Å². The van der Waals surface area contributed by atoms with Gasteiger partial charge in [-0.25, -0.2) is 0 Å². The standard InChI is InChI=1S/C15H24OS2/c1-4-12-5-7-13(8-6-12)15-17-9-14(11(2)3)10-18(15)16/h1,11-15H,5-10H2,2-3H3/t12?,13?,14?,15-,18+/m1/s1. The maximum absolute atomic E-state index is 12.4. The predicted molar refractivity (Wildman–Crippen MR) is 81.9 cm³/mol. The second-order valence-electron chi connectivity index (χ2n) is 6.03. The van der Waals surface area contributed by atoms with E-state index in [1.54, 1.807) is 0 Å². The van der Waals surface area contributed by atoms with Gasteiger partial charge >= 0.3 is 0 Å². The normalized spacial score (nSPS) is 41.6. The van der Waals surface area contributed by atoms with E-state index in [2.05, 4.69) is 19.8 Å². The van der Waals surface area contributed by atoms with Gasteiger partial charge in [-0.15, -0.1) is 24.1 Å². The van der Waals surface area contributed by atoms with Crippen LogP contribution in [0.1, 0.15) is 39.5 Å². The van der Waals surface area contributed by atoms with Crippen molar-refractivity contribution >= 4 is 22.6 Å². The Labute approximate surface area is 118 Å². The molecule has 1 aliphatic carbocycles. The Balaban J connectivity index is 1.88. The summed E-state index contributed by atoms with van der Waals surface area (Å²) in [7, 11) is -0.628. The maximum Gasteiger partial charge on any atom is 0.0829 e. The first-order valence-electron chi connectivity index (χ1n) is 7.06. The highest BCUT2D eigenvalue weighted by molar-refractivity contribution is 8.11. The molecule has 0 bridgehead atoms. The SMILES string of the molecule is C#CC1CCC([C@@H]2SCC(C(C)C)C[S@@]2=O)CC1. The Morgan fingerprint density at radius 3 is 2.44 bits per heavy atom. The largest absolute Gasteiger partial charge is 0.258 e. The summed E-state index contributed by atoms with van der Waals surface area (Å²) in [6.45, 7) is 4.50. The predicted octanol–water partition coefficient (Wildman–Crippen LogP) is 3.52. The zero-order chi connectivity index (χ0) is 13.1. The third kappa shape index (κ3) is 3.33. The van der Waals surface area contributed by atoms with Crippen molar-refractivity contribution in [1.82, 2.24) is 0 Å². The lowest BCUT2D eigenvalue weighted by Crippen LogP contribution is -2.36. The fourth-order valence-corrected chi connectivity index (χ4v) is 7.47. The lowest BCUT2D eigenvalue weighted by atomic mass is 9.83. The molecule has 1 saturated heterocycles. The second kappa shape index (κ2) is 6.48. The summed E-state index contributed by atoms with van der Waals surface area (Å²) in [5.41, 5.74) is 0. The van der Waals surface area contributed by atoms with Crippen LogP contribution < -0.4 is 0 Å². The molecule has 0 radical (unpaired) electrons. The van der Waals surface area contributed by atoms with Crippen molar-refractivity contribution in [1.29, 1.82) is 0 Å². The molecule has 2 fully saturated rings. The fourth-order valence-electron chi connectivity index (χ4n) is 2.94. The van der Waals surface area contributed by atoms with Gasteiger partial charge in [-0.3, -0.25) is 4.21 Å². The van der Waals surface area contributed by atoms with Crippen LogP contribution in [0, 0.1) is 36.0 Å². The molecule has 1 aliphatic heterocycles. The molecule has 2 aliphatic rings. The highest BCUT2D eigenvalue weighted by Crippen LogP contribution is 2.41. The van der Waals surface area contributed by atoms with Crippen molar-refractivity contribution in [2.24, 2.45) is 23.7 Å². The number of thioether (sulfide) groups is 1. The van der Waals surface area contributed by atoms with Crippen LogP contribution in [0.3, 0.4) is 0 Å². The van der Waals surface area contributed by atoms with Gasteiger partial charge < -0.3 is 0 Å². The Bertz CT molecular complexity index is 337. The lowest BCUT2D eigenvalue weighted by molar-refractivity contribution is 0.330. The van der Waals surface area contributed by atoms with Crippen LogP contribution in [0.4, 0.5) is 0 Å². The summed E-state index contributed by atoms with van der Waals surface area (Å²) in [6.07, 6.45) is 10.1. The molecule has 2 rings (SSSR count). The molecule has 0 aromatic carbocycles. The van der Waals surface area contributed by atoms with E-state index < -0.39 is 10.8 Å². The average Bonchev–Trinajstić information content (AvgIpc) is 2.38. The summed E-state index contributed by atoms with van der Waals surface area (Å²) in [6, 6.07) is 0. The topological polar surface area (TPSA) is 17.1 Å². The first kappa shape index (κ1) is 14.5. The zero-order valence-electron chi connectivity index (χ0n) is 11.4. The van der Waals surface area contributed by atoms with Gasteiger partial charge in [-0.1, -0.05) is 13.8 Å². The summed E-state index contributed by atoms with van der Waals surface area (Å²) in [4.78, 5) is 0. The molecule has 0 N–H and O–H groups in total. The van der Waals surface area contributed by atoms with Gasteiger partial charge in [0.2, 0.25) is 0 Å². The molecule has 1 heterocycles. The minimum absolute atomic E-state index is 0.388.